The molecule has 3 aliphatic rings. The maximum Gasteiger partial charge on any atom is 0.267 e. The molecule has 24 heavy (non-hydrogen) atoms. The van der Waals surface area contributed by atoms with Crippen molar-refractivity contribution >= 4 is 5.91 Å². The molecule has 2 atom stereocenters. The van der Waals surface area contributed by atoms with Crippen LogP contribution in [0.4, 0.5) is 4.39 Å². The molecule has 5 rings (SSSR count). The van der Waals surface area contributed by atoms with Crippen LogP contribution in [0, 0.1) is 11.9 Å². The lowest BCUT2D eigenvalue weighted by molar-refractivity contribution is 0.0216. The molecular formula is C18H21FN4O. The van der Waals surface area contributed by atoms with Gasteiger partial charge in [0.05, 0.1) is 11.3 Å². The van der Waals surface area contributed by atoms with E-state index in [1.165, 1.54) is 6.20 Å². The number of carbonyl (C=O) groups excluding carboxylic acids is 1. The average Bonchev–Trinajstić information content (AvgIpc) is 3.09. The molecule has 2 aromatic heterocycles. The van der Waals surface area contributed by atoms with Crippen molar-refractivity contribution in [3.05, 3.63) is 42.1 Å². The van der Waals surface area contributed by atoms with Gasteiger partial charge in [0.25, 0.3) is 5.91 Å². The summed E-state index contributed by atoms with van der Waals surface area (Å²) in [5, 5.41) is 3.17. The first kappa shape index (κ1) is 15.3. The quantitative estimate of drug-likeness (QED) is 0.851. The van der Waals surface area contributed by atoms with Gasteiger partial charge in [-0.25, -0.2) is 4.98 Å². The van der Waals surface area contributed by atoms with Crippen molar-refractivity contribution in [1.82, 2.24) is 20.2 Å². The predicted molar refractivity (Wildman–Crippen MR) is 89.0 cm³/mol. The van der Waals surface area contributed by atoms with E-state index in [0.29, 0.717) is 28.9 Å². The number of amides is 1. The zero-order valence-electron chi connectivity index (χ0n) is 13.6. The maximum absolute atomic E-state index is 13.8. The van der Waals surface area contributed by atoms with Gasteiger partial charge >= 0.3 is 0 Å². The summed E-state index contributed by atoms with van der Waals surface area (Å²) in [5.41, 5.74) is 1.39. The summed E-state index contributed by atoms with van der Waals surface area (Å²) in [6.45, 7) is 4.44. The number of rotatable bonds is 3. The van der Waals surface area contributed by atoms with Crippen LogP contribution < -0.4 is 5.32 Å². The fourth-order valence-corrected chi connectivity index (χ4v) is 4.05. The molecule has 2 aromatic rings. The van der Waals surface area contributed by atoms with Crippen LogP contribution in [0.1, 0.15) is 30.3 Å². The van der Waals surface area contributed by atoms with Crippen LogP contribution in [0.15, 0.2) is 30.5 Å². The van der Waals surface area contributed by atoms with E-state index in [4.69, 9.17) is 0 Å². The van der Waals surface area contributed by atoms with E-state index in [1.54, 1.807) is 24.3 Å². The van der Waals surface area contributed by atoms with E-state index >= 15 is 0 Å². The average molecular weight is 328 g/mol. The predicted octanol–water partition coefficient (Wildman–Crippen LogP) is 2.43. The van der Waals surface area contributed by atoms with E-state index in [1.807, 2.05) is 0 Å². The second-order valence-electron chi connectivity index (χ2n) is 6.74. The third-order valence-corrected chi connectivity index (χ3v) is 5.46. The zero-order valence-corrected chi connectivity index (χ0v) is 13.6. The number of piperidine rings is 3. The summed E-state index contributed by atoms with van der Waals surface area (Å²) in [6, 6.07) is 7.28. The van der Waals surface area contributed by atoms with Crippen LogP contribution in [0.3, 0.4) is 0 Å². The summed E-state index contributed by atoms with van der Waals surface area (Å²) in [4.78, 5) is 21.7. The number of aromatic amines is 1. The molecular weight excluding hydrogens is 307 g/mol. The monoisotopic (exact) mass is 328 g/mol. The van der Waals surface area contributed by atoms with Gasteiger partial charge in [-0.3, -0.25) is 9.69 Å². The lowest BCUT2D eigenvalue weighted by Gasteiger charge is -2.49. The summed E-state index contributed by atoms with van der Waals surface area (Å²) in [7, 11) is 0. The molecule has 3 fully saturated rings. The topological polar surface area (TPSA) is 61.0 Å². The second-order valence-corrected chi connectivity index (χ2v) is 6.74. The highest BCUT2D eigenvalue weighted by molar-refractivity contribution is 5.93. The standard InChI is InChI=1S/C18H21FN4O/c1-11-16(12-6-9-23(11)10-7-12)22-18(24)15-5-4-14(21-15)13-3-2-8-20-17(13)19/h2-5,8,11-12,16,21H,6-7,9-10H2,1H3,(H,22,24)/t11-,16+/m1/s1. The molecule has 1 amide bonds. The number of halogens is 1. The molecule has 6 heteroatoms. The minimum atomic E-state index is -0.544. The summed E-state index contributed by atoms with van der Waals surface area (Å²) < 4.78 is 13.8. The molecule has 5 nitrogen and oxygen atoms in total. The van der Waals surface area contributed by atoms with Crippen molar-refractivity contribution in [3.8, 4) is 11.3 Å². The van der Waals surface area contributed by atoms with Gasteiger partial charge < -0.3 is 10.3 Å². The Morgan fingerprint density at radius 3 is 2.83 bits per heavy atom. The molecule has 5 heterocycles. The zero-order chi connectivity index (χ0) is 16.7. The van der Waals surface area contributed by atoms with Gasteiger partial charge in [-0.1, -0.05) is 0 Å². The van der Waals surface area contributed by atoms with E-state index in [-0.39, 0.29) is 11.9 Å². The Labute approximate surface area is 140 Å². The minimum Gasteiger partial charge on any atom is -0.350 e. The van der Waals surface area contributed by atoms with Gasteiger partial charge in [0, 0.05) is 18.3 Å². The first-order valence-electron chi connectivity index (χ1n) is 8.48. The Hall–Kier alpha value is -2.21. The Kier molecular flexibility index (Phi) is 3.84. The van der Waals surface area contributed by atoms with Gasteiger partial charge in [0.2, 0.25) is 5.95 Å². The van der Waals surface area contributed by atoms with Crippen LogP contribution in [0.2, 0.25) is 0 Å². The number of H-pyrrole nitrogens is 1. The maximum atomic E-state index is 13.8. The van der Waals surface area contributed by atoms with Gasteiger partial charge in [-0.2, -0.15) is 4.39 Å². The van der Waals surface area contributed by atoms with E-state index in [2.05, 4.69) is 27.1 Å². The largest absolute Gasteiger partial charge is 0.350 e. The van der Waals surface area contributed by atoms with Gasteiger partial charge in [-0.05, 0) is 63.0 Å². The van der Waals surface area contributed by atoms with Crippen molar-refractivity contribution in [2.45, 2.75) is 31.8 Å². The first-order valence-corrected chi connectivity index (χ1v) is 8.48. The van der Waals surface area contributed by atoms with Crippen molar-refractivity contribution in [2.24, 2.45) is 5.92 Å². The summed E-state index contributed by atoms with van der Waals surface area (Å²) in [5.74, 6) is -0.118. The highest BCUT2D eigenvalue weighted by Crippen LogP contribution is 2.32. The molecule has 0 aliphatic carbocycles. The number of nitrogens with one attached hydrogen (secondary N) is 2. The Morgan fingerprint density at radius 2 is 2.12 bits per heavy atom. The smallest absolute Gasteiger partial charge is 0.267 e. The number of pyridine rings is 1. The molecule has 2 bridgehead atoms. The fourth-order valence-electron chi connectivity index (χ4n) is 4.05. The Balaban J connectivity index is 1.51. The number of hydrogen-bond acceptors (Lipinski definition) is 3. The lowest BCUT2D eigenvalue weighted by atomic mass is 9.79. The van der Waals surface area contributed by atoms with Crippen LogP contribution in [0.25, 0.3) is 11.3 Å². The SMILES string of the molecule is C[C@@H]1[C@H](NC(=O)c2ccc(-c3cccnc3F)[nH]2)C2CCN1CC2. The number of aromatic nitrogens is 2. The van der Waals surface area contributed by atoms with Crippen LogP contribution in [-0.2, 0) is 0 Å². The van der Waals surface area contributed by atoms with Crippen LogP contribution in [0.5, 0.6) is 0 Å². The molecule has 3 aliphatic heterocycles. The molecule has 0 unspecified atom stereocenters. The number of fused-ring (bicyclic) bond motifs is 3. The Bertz CT molecular complexity index is 749. The minimum absolute atomic E-state index is 0.129. The third-order valence-electron chi connectivity index (χ3n) is 5.46. The van der Waals surface area contributed by atoms with Crippen molar-refractivity contribution in [3.63, 3.8) is 0 Å². The normalized spacial score (nSPS) is 28.8. The van der Waals surface area contributed by atoms with E-state index in [0.717, 1.165) is 25.9 Å². The lowest BCUT2D eigenvalue weighted by Crippen LogP contribution is -2.62. The van der Waals surface area contributed by atoms with Crippen molar-refractivity contribution in [1.29, 1.82) is 0 Å². The summed E-state index contributed by atoms with van der Waals surface area (Å²) >= 11 is 0. The van der Waals surface area contributed by atoms with Crippen molar-refractivity contribution in [2.75, 3.05) is 13.1 Å². The Morgan fingerprint density at radius 1 is 1.33 bits per heavy atom. The molecule has 0 saturated carbocycles. The molecule has 3 saturated heterocycles. The molecule has 0 aromatic carbocycles. The van der Waals surface area contributed by atoms with E-state index in [9.17, 15) is 9.18 Å². The van der Waals surface area contributed by atoms with Crippen molar-refractivity contribution < 1.29 is 9.18 Å². The molecule has 0 radical (unpaired) electrons. The van der Waals surface area contributed by atoms with E-state index < -0.39 is 5.95 Å². The molecule has 0 spiro atoms. The second kappa shape index (κ2) is 6.02. The van der Waals surface area contributed by atoms with Gasteiger partial charge in [0.15, 0.2) is 0 Å². The first-order chi connectivity index (χ1) is 11.6. The molecule has 126 valence electrons. The number of hydrogen-bond donors (Lipinski definition) is 2. The van der Waals surface area contributed by atoms with Gasteiger partial charge in [0.1, 0.15) is 5.69 Å². The highest BCUT2D eigenvalue weighted by Gasteiger charge is 2.40. The summed E-state index contributed by atoms with van der Waals surface area (Å²) in [6.07, 6.45) is 3.70. The highest BCUT2D eigenvalue weighted by atomic mass is 19.1. The molecule has 2 N–H and O–H groups in total. The van der Waals surface area contributed by atoms with Gasteiger partial charge in [-0.15, -0.1) is 0 Å². The van der Waals surface area contributed by atoms with Crippen LogP contribution in [-0.4, -0.2) is 45.9 Å². The number of nitrogens with zero attached hydrogens (tertiary/aromatic N) is 2. The fraction of sp³-hybridized carbons (Fsp3) is 0.444. The van der Waals surface area contributed by atoms with Crippen LogP contribution >= 0.6 is 0 Å². The third kappa shape index (κ3) is 2.60. The number of carbonyl (C=O) groups is 1.